The molecule has 0 aliphatic carbocycles. The monoisotopic (exact) mass is 424 g/mol. The van der Waals surface area contributed by atoms with Gasteiger partial charge < -0.3 is 15.5 Å². The van der Waals surface area contributed by atoms with Crippen molar-refractivity contribution in [2.75, 3.05) is 33.2 Å². The first-order valence-electron chi connectivity index (χ1n) is 8.74. The van der Waals surface area contributed by atoms with Crippen LogP contribution in [0.5, 0.6) is 0 Å². The summed E-state index contributed by atoms with van der Waals surface area (Å²) >= 11 is 0. The van der Waals surface area contributed by atoms with Crippen LogP contribution < -0.4 is 10.6 Å². The molecule has 2 N–H and O–H groups in total. The van der Waals surface area contributed by atoms with E-state index in [0.717, 1.165) is 30.9 Å². The van der Waals surface area contributed by atoms with Crippen molar-refractivity contribution >= 4 is 29.9 Å². The quantitative estimate of drug-likeness (QED) is 0.374. The Morgan fingerprint density at radius 1 is 1.18 bits per heavy atom. The van der Waals surface area contributed by atoms with Gasteiger partial charge in [0, 0.05) is 19.1 Å². The second kappa shape index (κ2) is 12.4. The van der Waals surface area contributed by atoms with E-state index in [4.69, 9.17) is 4.99 Å². The summed E-state index contributed by atoms with van der Waals surface area (Å²) in [5.41, 5.74) is 0. The van der Waals surface area contributed by atoms with Crippen molar-refractivity contribution in [1.29, 1.82) is 0 Å². The zero-order valence-corrected chi connectivity index (χ0v) is 17.5. The summed E-state index contributed by atoms with van der Waals surface area (Å²) in [5, 5.41) is 6.93. The largest absolute Gasteiger partial charge is 0.357 e. The first kappa shape index (κ1) is 22.0. The van der Waals surface area contributed by atoms with Crippen molar-refractivity contribution < 1.29 is 0 Å². The van der Waals surface area contributed by atoms with E-state index in [9.17, 15) is 0 Å². The van der Waals surface area contributed by atoms with Crippen LogP contribution in [0.15, 0.2) is 4.99 Å². The van der Waals surface area contributed by atoms with Gasteiger partial charge in [-0.05, 0) is 71.5 Å². The lowest BCUT2D eigenvalue weighted by atomic mass is 9.97. The second-order valence-corrected chi connectivity index (χ2v) is 6.98. The molecule has 1 unspecified atom stereocenters. The summed E-state index contributed by atoms with van der Waals surface area (Å²) in [4.78, 5) is 7.22. The molecule has 22 heavy (non-hydrogen) atoms. The van der Waals surface area contributed by atoms with Crippen molar-refractivity contribution in [1.82, 2.24) is 15.5 Å². The number of hydrogen-bond acceptors (Lipinski definition) is 2. The Kier molecular flexibility index (Phi) is 12.4. The molecule has 0 amide bonds. The zero-order valence-electron chi connectivity index (χ0n) is 15.2. The van der Waals surface area contributed by atoms with Gasteiger partial charge in [-0.1, -0.05) is 13.8 Å². The first-order chi connectivity index (χ1) is 10.0. The van der Waals surface area contributed by atoms with Gasteiger partial charge in [-0.3, -0.25) is 4.99 Å². The van der Waals surface area contributed by atoms with E-state index in [-0.39, 0.29) is 24.0 Å². The topological polar surface area (TPSA) is 39.7 Å². The third-order valence-corrected chi connectivity index (χ3v) is 4.25. The van der Waals surface area contributed by atoms with Gasteiger partial charge in [0.15, 0.2) is 5.96 Å². The van der Waals surface area contributed by atoms with Crippen LogP contribution in [0, 0.1) is 11.8 Å². The minimum atomic E-state index is 0. The predicted octanol–water partition coefficient (Wildman–Crippen LogP) is 3.33. The molecule has 0 spiro atoms. The van der Waals surface area contributed by atoms with Gasteiger partial charge in [-0.2, -0.15) is 0 Å². The number of aliphatic imine (C=N–C) groups is 1. The Labute approximate surface area is 154 Å². The van der Waals surface area contributed by atoms with Gasteiger partial charge in [-0.15, -0.1) is 24.0 Å². The average molecular weight is 424 g/mol. The molecule has 0 saturated carbocycles. The van der Waals surface area contributed by atoms with Gasteiger partial charge >= 0.3 is 0 Å². The molecule has 0 aromatic rings. The van der Waals surface area contributed by atoms with Crippen LogP contribution in [-0.4, -0.2) is 50.1 Å². The van der Waals surface area contributed by atoms with E-state index in [1.54, 1.807) is 0 Å². The van der Waals surface area contributed by atoms with Crippen molar-refractivity contribution in [2.24, 2.45) is 16.8 Å². The molecule has 0 aromatic heterocycles. The molecule has 1 heterocycles. The predicted molar refractivity (Wildman–Crippen MR) is 108 cm³/mol. The number of halogens is 1. The molecule has 0 radical (unpaired) electrons. The third-order valence-electron chi connectivity index (χ3n) is 4.25. The van der Waals surface area contributed by atoms with Crippen LogP contribution in [0.25, 0.3) is 0 Å². The molecule has 1 aliphatic heterocycles. The first-order valence-corrected chi connectivity index (χ1v) is 8.74. The van der Waals surface area contributed by atoms with E-state index >= 15 is 0 Å². The summed E-state index contributed by atoms with van der Waals surface area (Å²) in [6.07, 6.45) is 5.03. The normalized spacial score (nSPS) is 18.9. The number of nitrogens with one attached hydrogen (secondary N) is 2. The highest BCUT2D eigenvalue weighted by Gasteiger charge is 2.16. The van der Waals surface area contributed by atoms with E-state index in [1.807, 2.05) is 0 Å². The molecular formula is C17H37IN4. The number of rotatable bonds is 7. The number of nitrogens with zero attached hydrogens (tertiary/aromatic N) is 2. The summed E-state index contributed by atoms with van der Waals surface area (Å²) in [7, 11) is 2.21. The Morgan fingerprint density at radius 2 is 1.82 bits per heavy atom. The van der Waals surface area contributed by atoms with Gasteiger partial charge in [0.2, 0.25) is 0 Å². The Bertz CT molecular complexity index is 299. The zero-order chi connectivity index (χ0) is 15.7. The molecule has 1 aliphatic rings. The fourth-order valence-electron chi connectivity index (χ4n) is 2.67. The van der Waals surface area contributed by atoms with Gasteiger partial charge in [-0.25, -0.2) is 0 Å². The van der Waals surface area contributed by atoms with Gasteiger partial charge in [0.1, 0.15) is 0 Å². The lowest BCUT2D eigenvalue weighted by Gasteiger charge is -2.28. The molecule has 132 valence electrons. The lowest BCUT2D eigenvalue weighted by Crippen LogP contribution is -2.42. The molecule has 1 fully saturated rings. The van der Waals surface area contributed by atoms with E-state index < -0.39 is 0 Å². The molecule has 0 aromatic carbocycles. The second-order valence-electron chi connectivity index (χ2n) is 6.98. The van der Waals surface area contributed by atoms with E-state index in [2.05, 4.69) is 50.3 Å². The smallest absolute Gasteiger partial charge is 0.191 e. The van der Waals surface area contributed by atoms with Crippen LogP contribution in [0.4, 0.5) is 0 Å². The maximum absolute atomic E-state index is 4.81. The Hall–Kier alpha value is -0.0400. The van der Waals surface area contributed by atoms with E-state index in [0.29, 0.717) is 6.04 Å². The highest BCUT2D eigenvalue weighted by atomic mass is 127. The van der Waals surface area contributed by atoms with Crippen LogP contribution in [0.1, 0.15) is 53.4 Å². The van der Waals surface area contributed by atoms with Crippen molar-refractivity contribution in [3.05, 3.63) is 0 Å². The molecular weight excluding hydrogens is 387 g/mol. The number of hydrogen-bond donors (Lipinski definition) is 2. The Morgan fingerprint density at radius 3 is 2.36 bits per heavy atom. The number of likely N-dealkylation sites (tertiary alicyclic amines) is 1. The fourth-order valence-corrected chi connectivity index (χ4v) is 2.67. The molecule has 1 saturated heterocycles. The standard InChI is InChI=1S/C17H36N4.HI/c1-6-18-17(20-15(4)8-7-14(2)3)19-13-16-9-11-21(5)12-10-16;/h14-16H,6-13H2,1-5H3,(H2,18,19,20);1H. The molecule has 1 atom stereocenters. The molecule has 1 rings (SSSR count). The SMILES string of the molecule is CCNC(=NCC1CCN(C)CC1)NC(C)CCC(C)C.I. The van der Waals surface area contributed by atoms with Gasteiger partial charge in [0.05, 0.1) is 0 Å². The van der Waals surface area contributed by atoms with E-state index in [1.165, 1.54) is 38.8 Å². The fraction of sp³-hybridized carbons (Fsp3) is 0.941. The van der Waals surface area contributed by atoms with Crippen LogP contribution in [-0.2, 0) is 0 Å². The summed E-state index contributed by atoms with van der Waals surface area (Å²) < 4.78 is 0. The van der Waals surface area contributed by atoms with Crippen molar-refractivity contribution in [3.63, 3.8) is 0 Å². The maximum atomic E-state index is 4.81. The van der Waals surface area contributed by atoms with Crippen molar-refractivity contribution in [2.45, 2.75) is 59.4 Å². The van der Waals surface area contributed by atoms with Crippen molar-refractivity contribution in [3.8, 4) is 0 Å². The number of piperidine rings is 1. The highest BCUT2D eigenvalue weighted by molar-refractivity contribution is 14.0. The number of guanidine groups is 1. The maximum Gasteiger partial charge on any atom is 0.191 e. The Balaban J connectivity index is 0.00000441. The molecule has 5 heteroatoms. The van der Waals surface area contributed by atoms with Gasteiger partial charge in [0.25, 0.3) is 0 Å². The van der Waals surface area contributed by atoms with Crippen LogP contribution in [0.3, 0.4) is 0 Å². The summed E-state index contributed by atoms with van der Waals surface area (Å²) in [6.45, 7) is 13.3. The summed E-state index contributed by atoms with van der Waals surface area (Å²) in [6, 6.07) is 0.489. The van der Waals surface area contributed by atoms with Crippen LogP contribution in [0.2, 0.25) is 0 Å². The molecule has 0 bridgehead atoms. The highest BCUT2D eigenvalue weighted by Crippen LogP contribution is 2.16. The third kappa shape index (κ3) is 9.87. The lowest BCUT2D eigenvalue weighted by molar-refractivity contribution is 0.223. The summed E-state index contributed by atoms with van der Waals surface area (Å²) in [5.74, 6) is 2.52. The molecule has 4 nitrogen and oxygen atoms in total. The average Bonchev–Trinajstić information content (AvgIpc) is 2.44. The minimum Gasteiger partial charge on any atom is -0.357 e. The minimum absolute atomic E-state index is 0. The van der Waals surface area contributed by atoms with Crippen LogP contribution >= 0.6 is 24.0 Å².